The zero-order chi connectivity index (χ0) is 14.8. The first kappa shape index (κ1) is 15.4. The Hall–Kier alpha value is -0.960. The maximum atomic E-state index is 12.4. The van der Waals surface area contributed by atoms with Crippen molar-refractivity contribution >= 4 is 10.0 Å². The fourth-order valence-corrected chi connectivity index (χ4v) is 3.83. The molecule has 1 aromatic rings. The summed E-state index contributed by atoms with van der Waals surface area (Å²) in [6.07, 6.45) is 3.36. The number of piperidine rings is 1. The van der Waals surface area contributed by atoms with E-state index in [0.29, 0.717) is 18.0 Å². The van der Waals surface area contributed by atoms with Gasteiger partial charge in [-0.05, 0) is 38.9 Å². The molecule has 1 aromatic heterocycles. The third-order valence-electron chi connectivity index (χ3n) is 3.87. The Bertz CT molecular complexity index is 535. The van der Waals surface area contributed by atoms with Crippen LogP contribution in [-0.4, -0.2) is 66.7 Å². The summed E-state index contributed by atoms with van der Waals surface area (Å²) in [4.78, 5) is 2.25. The van der Waals surface area contributed by atoms with Gasteiger partial charge >= 0.3 is 0 Å². The highest BCUT2D eigenvalue weighted by atomic mass is 32.2. The maximum Gasteiger partial charge on any atom is 0.260 e. The van der Waals surface area contributed by atoms with Crippen molar-refractivity contribution in [1.82, 2.24) is 19.4 Å². The summed E-state index contributed by atoms with van der Waals surface area (Å²) in [5.41, 5.74) is 0.306. The summed E-state index contributed by atoms with van der Waals surface area (Å²) in [6, 6.07) is 0. The molecular formula is C12H22N4O3S. The molecular weight excluding hydrogens is 280 g/mol. The second-order valence-corrected chi connectivity index (χ2v) is 7.40. The van der Waals surface area contributed by atoms with Crippen LogP contribution in [0.3, 0.4) is 0 Å². The van der Waals surface area contributed by atoms with Crippen LogP contribution in [0, 0.1) is 5.92 Å². The molecule has 0 bridgehead atoms. The minimum Gasteiger partial charge on any atom is -0.392 e. The summed E-state index contributed by atoms with van der Waals surface area (Å²) in [5.74, 6) is 0.381. The Balaban J connectivity index is 2.06. The van der Waals surface area contributed by atoms with Gasteiger partial charge in [-0.3, -0.25) is 5.10 Å². The quantitative estimate of drug-likeness (QED) is 0.790. The van der Waals surface area contributed by atoms with Gasteiger partial charge in [-0.2, -0.15) is 9.40 Å². The summed E-state index contributed by atoms with van der Waals surface area (Å²) in [5, 5.41) is 15.3. The van der Waals surface area contributed by atoms with Crippen molar-refractivity contribution in [1.29, 1.82) is 0 Å². The molecule has 1 aliphatic heterocycles. The van der Waals surface area contributed by atoms with Gasteiger partial charge in [-0.1, -0.05) is 0 Å². The maximum absolute atomic E-state index is 12.4. The SMILES string of the molecule is CN1CCC(CN(C)S(=O)(=O)c2[nH]ncc2CO)CC1. The predicted molar refractivity (Wildman–Crippen MR) is 74.5 cm³/mol. The molecule has 0 atom stereocenters. The lowest BCUT2D eigenvalue weighted by molar-refractivity contribution is 0.202. The lowest BCUT2D eigenvalue weighted by Gasteiger charge is -2.31. The van der Waals surface area contributed by atoms with Crippen LogP contribution in [0.5, 0.6) is 0 Å². The van der Waals surface area contributed by atoms with Crippen LogP contribution in [0.4, 0.5) is 0 Å². The number of aliphatic hydroxyl groups excluding tert-OH is 1. The normalized spacial score (nSPS) is 18.8. The smallest absolute Gasteiger partial charge is 0.260 e. The molecule has 0 unspecified atom stereocenters. The molecule has 7 nitrogen and oxygen atoms in total. The minimum atomic E-state index is -3.61. The third-order valence-corrected chi connectivity index (χ3v) is 5.71. The molecule has 0 aliphatic carbocycles. The van der Waals surface area contributed by atoms with Crippen molar-refractivity contribution in [2.75, 3.05) is 33.7 Å². The van der Waals surface area contributed by atoms with Crippen molar-refractivity contribution in [2.45, 2.75) is 24.5 Å². The van der Waals surface area contributed by atoms with E-state index in [9.17, 15) is 8.42 Å². The van der Waals surface area contributed by atoms with E-state index >= 15 is 0 Å². The van der Waals surface area contributed by atoms with Gasteiger partial charge in [-0.15, -0.1) is 0 Å². The number of sulfonamides is 1. The van der Waals surface area contributed by atoms with E-state index in [0.717, 1.165) is 25.9 Å². The number of nitrogens with zero attached hydrogens (tertiary/aromatic N) is 3. The van der Waals surface area contributed by atoms with Gasteiger partial charge in [-0.25, -0.2) is 8.42 Å². The van der Waals surface area contributed by atoms with Crippen molar-refractivity contribution < 1.29 is 13.5 Å². The number of rotatable bonds is 5. The van der Waals surface area contributed by atoms with E-state index in [1.165, 1.54) is 10.5 Å². The second kappa shape index (κ2) is 6.21. The first-order chi connectivity index (χ1) is 9.45. The fraction of sp³-hybridized carbons (Fsp3) is 0.750. The lowest BCUT2D eigenvalue weighted by Crippen LogP contribution is -2.38. The number of hydrogen-bond donors (Lipinski definition) is 2. The van der Waals surface area contributed by atoms with Crippen LogP contribution in [0.25, 0.3) is 0 Å². The molecule has 2 heterocycles. The van der Waals surface area contributed by atoms with Crippen molar-refractivity contribution in [3.63, 3.8) is 0 Å². The molecule has 1 saturated heterocycles. The number of nitrogens with one attached hydrogen (secondary N) is 1. The van der Waals surface area contributed by atoms with Gasteiger partial charge in [0, 0.05) is 19.2 Å². The Kier molecular flexibility index (Phi) is 4.79. The molecule has 114 valence electrons. The molecule has 0 aromatic carbocycles. The molecule has 1 aliphatic rings. The number of likely N-dealkylation sites (tertiary alicyclic amines) is 1. The van der Waals surface area contributed by atoms with Gasteiger partial charge in [0.15, 0.2) is 5.03 Å². The largest absolute Gasteiger partial charge is 0.392 e. The Labute approximate surface area is 119 Å². The summed E-state index contributed by atoms with van der Waals surface area (Å²) >= 11 is 0. The summed E-state index contributed by atoms with van der Waals surface area (Å²) in [7, 11) is 0.0476. The van der Waals surface area contributed by atoms with Crippen LogP contribution < -0.4 is 0 Å². The highest BCUT2D eigenvalue weighted by molar-refractivity contribution is 7.89. The number of H-pyrrole nitrogens is 1. The fourth-order valence-electron chi connectivity index (χ4n) is 2.50. The van der Waals surface area contributed by atoms with Gasteiger partial charge < -0.3 is 10.0 Å². The van der Waals surface area contributed by atoms with Crippen LogP contribution in [0.15, 0.2) is 11.2 Å². The van der Waals surface area contributed by atoms with Crippen LogP contribution >= 0.6 is 0 Å². The van der Waals surface area contributed by atoms with E-state index < -0.39 is 10.0 Å². The van der Waals surface area contributed by atoms with Crippen molar-refractivity contribution in [2.24, 2.45) is 5.92 Å². The highest BCUT2D eigenvalue weighted by Gasteiger charge is 2.28. The van der Waals surface area contributed by atoms with E-state index in [2.05, 4.69) is 22.1 Å². The van der Waals surface area contributed by atoms with E-state index in [-0.39, 0.29) is 11.6 Å². The molecule has 20 heavy (non-hydrogen) atoms. The third kappa shape index (κ3) is 3.20. The zero-order valence-corrected chi connectivity index (χ0v) is 12.7. The molecule has 0 radical (unpaired) electrons. The van der Waals surface area contributed by atoms with Gasteiger partial charge in [0.25, 0.3) is 10.0 Å². The molecule has 1 fully saturated rings. The average Bonchev–Trinajstić information content (AvgIpc) is 2.90. The molecule has 2 rings (SSSR count). The Morgan fingerprint density at radius 3 is 2.75 bits per heavy atom. The zero-order valence-electron chi connectivity index (χ0n) is 11.9. The first-order valence-electron chi connectivity index (χ1n) is 6.73. The van der Waals surface area contributed by atoms with E-state index in [1.807, 2.05) is 0 Å². The summed E-state index contributed by atoms with van der Waals surface area (Å²) < 4.78 is 26.2. The van der Waals surface area contributed by atoms with Gasteiger partial charge in [0.1, 0.15) is 0 Å². The van der Waals surface area contributed by atoms with Crippen LogP contribution in [0.2, 0.25) is 0 Å². The number of aromatic nitrogens is 2. The molecule has 0 spiro atoms. The number of aliphatic hydroxyl groups is 1. The highest BCUT2D eigenvalue weighted by Crippen LogP contribution is 2.21. The molecule has 8 heteroatoms. The Morgan fingerprint density at radius 1 is 1.50 bits per heavy atom. The van der Waals surface area contributed by atoms with E-state index in [1.54, 1.807) is 7.05 Å². The lowest BCUT2D eigenvalue weighted by atomic mass is 9.97. The first-order valence-corrected chi connectivity index (χ1v) is 8.17. The molecule has 0 saturated carbocycles. The topological polar surface area (TPSA) is 89.5 Å². The van der Waals surface area contributed by atoms with E-state index in [4.69, 9.17) is 5.11 Å². The van der Waals surface area contributed by atoms with Crippen molar-refractivity contribution in [3.8, 4) is 0 Å². The summed E-state index contributed by atoms with van der Waals surface area (Å²) in [6.45, 7) is 2.17. The van der Waals surface area contributed by atoms with Crippen LogP contribution in [0.1, 0.15) is 18.4 Å². The Morgan fingerprint density at radius 2 is 2.15 bits per heavy atom. The van der Waals surface area contributed by atoms with Gasteiger partial charge in [0.2, 0.25) is 0 Å². The monoisotopic (exact) mass is 302 g/mol. The predicted octanol–water partition coefficient (Wildman–Crippen LogP) is -0.136. The van der Waals surface area contributed by atoms with Crippen molar-refractivity contribution in [3.05, 3.63) is 11.8 Å². The molecule has 0 amide bonds. The number of hydrogen-bond acceptors (Lipinski definition) is 5. The average molecular weight is 302 g/mol. The second-order valence-electron chi connectivity index (χ2n) is 5.41. The van der Waals surface area contributed by atoms with Gasteiger partial charge in [0.05, 0.1) is 12.8 Å². The minimum absolute atomic E-state index is 0.00423. The molecule has 2 N–H and O–H groups in total. The standard InChI is InChI=1S/C12H22N4O3S/c1-15-5-3-10(4-6-15)8-16(2)20(18,19)12-11(9-17)7-13-14-12/h7,10,17H,3-6,8-9H2,1-2H3,(H,13,14). The van der Waals surface area contributed by atoms with Crippen LogP contribution in [-0.2, 0) is 16.6 Å². The number of aromatic amines is 1.